The summed E-state index contributed by atoms with van der Waals surface area (Å²) in [5.41, 5.74) is 2.53. The van der Waals surface area contributed by atoms with Crippen LogP contribution in [-0.2, 0) is 22.1 Å². The second-order valence-corrected chi connectivity index (χ2v) is 6.27. The number of anilines is 1. The SMILES string of the molecule is CS(=O)CCNCc1ccc(N2CCOCC2)cc1. The van der Waals surface area contributed by atoms with Crippen LogP contribution in [0.5, 0.6) is 0 Å². The third-order valence-corrected chi connectivity index (χ3v) is 3.99. The van der Waals surface area contributed by atoms with Crippen LogP contribution in [-0.4, -0.2) is 49.1 Å². The first-order valence-electron chi connectivity index (χ1n) is 6.68. The Bertz CT molecular complexity index is 402. The lowest BCUT2D eigenvalue weighted by molar-refractivity contribution is 0.122. The maximum atomic E-state index is 10.9. The predicted molar refractivity (Wildman–Crippen MR) is 80.1 cm³/mol. The van der Waals surface area contributed by atoms with Gasteiger partial charge in [-0.2, -0.15) is 0 Å². The fraction of sp³-hybridized carbons (Fsp3) is 0.571. The van der Waals surface area contributed by atoms with Crippen molar-refractivity contribution in [3.8, 4) is 0 Å². The highest BCUT2D eigenvalue weighted by atomic mass is 32.2. The minimum atomic E-state index is -0.712. The van der Waals surface area contributed by atoms with Crippen molar-refractivity contribution in [1.29, 1.82) is 0 Å². The van der Waals surface area contributed by atoms with E-state index in [0.29, 0.717) is 5.75 Å². The van der Waals surface area contributed by atoms with Crippen molar-refractivity contribution in [1.82, 2.24) is 5.32 Å². The first kappa shape index (κ1) is 14.5. The van der Waals surface area contributed by atoms with E-state index in [9.17, 15) is 4.21 Å². The van der Waals surface area contributed by atoms with Gasteiger partial charge in [-0.3, -0.25) is 4.21 Å². The van der Waals surface area contributed by atoms with E-state index >= 15 is 0 Å². The summed E-state index contributed by atoms with van der Waals surface area (Å²) in [4.78, 5) is 2.35. The van der Waals surface area contributed by atoms with Crippen LogP contribution < -0.4 is 10.2 Å². The topological polar surface area (TPSA) is 41.6 Å². The second kappa shape index (κ2) is 7.62. The average molecular weight is 282 g/mol. The van der Waals surface area contributed by atoms with Crippen molar-refractivity contribution in [2.24, 2.45) is 0 Å². The molecule has 0 aliphatic carbocycles. The maximum absolute atomic E-state index is 10.9. The Morgan fingerprint density at radius 3 is 2.58 bits per heavy atom. The monoisotopic (exact) mass is 282 g/mol. The zero-order valence-electron chi connectivity index (χ0n) is 11.4. The van der Waals surface area contributed by atoms with Crippen LogP contribution in [0.3, 0.4) is 0 Å². The highest BCUT2D eigenvalue weighted by Gasteiger charge is 2.10. The molecule has 0 aromatic heterocycles. The average Bonchev–Trinajstić information content (AvgIpc) is 2.45. The van der Waals surface area contributed by atoms with Crippen molar-refractivity contribution in [3.05, 3.63) is 29.8 Å². The van der Waals surface area contributed by atoms with E-state index in [1.165, 1.54) is 11.3 Å². The summed E-state index contributed by atoms with van der Waals surface area (Å²) in [6.45, 7) is 5.21. The van der Waals surface area contributed by atoms with E-state index in [-0.39, 0.29) is 0 Å². The summed E-state index contributed by atoms with van der Waals surface area (Å²) in [6, 6.07) is 8.64. The van der Waals surface area contributed by atoms with Gasteiger partial charge in [0.15, 0.2) is 0 Å². The van der Waals surface area contributed by atoms with Gasteiger partial charge < -0.3 is 15.0 Å². The van der Waals surface area contributed by atoms with Gasteiger partial charge in [0.1, 0.15) is 0 Å². The van der Waals surface area contributed by atoms with Crippen LogP contribution in [0.1, 0.15) is 5.56 Å². The molecule has 0 radical (unpaired) electrons. The molecule has 1 heterocycles. The van der Waals surface area contributed by atoms with Gasteiger partial charge >= 0.3 is 0 Å². The first-order chi connectivity index (χ1) is 9.25. The fourth-order valence-electron chi connectivity index (χ4n) is 2.09. The molecule has 1 aromatic rings. The molecule has 4 nitrogen and oxygen atoms in total. The van der Waals surface area contributed by atoms with Gasteiger partial charge in [-0.05, 0) is 17.7 Å². The van der Waals surface area contributed by atoms with Gasteiger partial charge in [0.05, 0.1) is 13.2 Å². The third-order valence-electron chi connectivity index (χ3n) is 3.21. The molecule has 106 valence electrons. The number of benzene rings is 1. The van der Waals surface area contributed by atoms with Crippen LogP contribution in [0.15, 0.2) is 24.3 Å². The summed E-state index contributed by atoms with van der Waals surface area (Å²) in [5.74, 6) is 0.714. The summed E-state index contributed by atoms with van der Waals surface area (Å²) in [6.07, 6.45) is 1.73. The van der Waals surface area contributed by atoms with E-state index in [4.69, 9.17) is 4.74 Å². The normalized spacial score (nSPS) is 17.4. The molecule has 1 atom stereocenters. The van der Waals surface area contributed by atoms with Crippen molar-refractivity contribution < 1.29 is 8.95 Å². The van der Waals surface area contributed by atoms with E-state index in [0.717, 1.165) is 39.4 Å². The molecule has 5 heteroatoms. The molecule has 0 amide bonds. The van der Waals surface area contributed by atoms with Crippen molar-refractivity contribution >= 4 is 16.5 Å². The Labute approximate surface area is 117 Å². The predicted octanol–water partition coefficient (Wildman–Crippen LogP) is 0.991. The highest BCUT2D eigenvalue weighted by molar-refractivity contribution is 7.84. The third kappa shape index (κ3) is 4.93. The molecule has 1 unspecified atom stereocenters. The second-order valence-electron chi connectivity index (χ2n) is 4.72. The number of nitrogens with one attached hydrogen (secondary N) is 1. The zero-order valence-corrected chi connectivity index (χ0v) is 12.2. The molecular weight excluding hydrogens is 260 g/mol. The number of hydrogen-bond donors (Lipinski definition) is 1. The van der Waals surface area contributed by atoms with Gasteiger partial charge in [-0.15, -0.1) is 0 Å². The number of nitrogens with zero attached hydrogens (tertiary/aromatic N) is 1. The molecular formula is C14H22N2O2S. The van der Waals surface area contributed by atoms with Gasteiger partial charge in [0.25, 0.3) is 0 Å². The maximum Gasteiger partial charge on any atom is 0.0642 e. The molecule has 19 heavy (non-hydrogen) atoms. The fourth-order valence-corrected chi connectivity index (χ4v) is 2.53. The first-order valence-corrected chi connectivity index (χ1v) is 8.41. The van der Waals surface area contributed by atoms with Crippen molar-refractivity contribution in [2.45, 2.75) is 6.54 Å². The highest BCUT2D eigenvalue weighted by Crippen LogP contribution is 2.16. The van der Waals surface area contributed by atoms with E-state index in [1.807, 2.05) is 0 Å². The zero-order chi connectivity index (χ0) is 13.5. The lowest BCUT2D eigenvalue weighted by Crippen LogP contribution is -2.36. The Hall–Kier alpha value is -0.910. The summed E-state index contributed by atoms with van der Waals surface area (Å²) < 4.78 is 16.3. The standard InChI is InChI=1S/C14H22N2O2S/c1-19(17)11-6-15-12-13-2-4-14(5-3-13)16-7-9-18-10-8-16/h2-5,15H,6-12H2,1H3. The van der Waals surface area contributed by atoms with Gasteiger partial charge in [-0.1, -0.05) is 12.1 Å². The molecule has 1 fully saturated rings. The smallest absolute Gasteiger partial charge is 0.0642 e. The molecule has 0 bridgehead atoms. The number of hydrogen-bond acceptors (Lipinski definition) is 4. The van der Waals surface area contributed by atoms with E-state index in [2.05, 4.69) is 34.5 Å². The molecule has 1 N–H and O–H groups in total. The Kier molecular flexibility index (Phi) is 5.82. The molecule has 2 rings (SSSR count). The summed E-state index contributed by atoms with van der Waals surface area (Å²) >= 11 is 0. The molecule has 1 aliphatic heterocycles. The summed E-state index contributed by atoms with van der Waals surface area (Å²) in [5, 5.41) is 3.31. The van der Waals surface area contributed by atoms with Crippen LogP contribution in [0, 0.1) is 0 Å². The van der Waals surface area contributed by atoms with Crippen molar-refractivity contribution in [2.75, 3.05) is 49.8 Å². The minimum Gasteiger partial charge on any atom is -0.378 e. The number of morpholine rings is 1. The van der Waals surface area contributed by atoms with Crippen molar-refractivity contribution in [3.63, 3.8) is 0 Å². The van der Waals surface area contributed by atoms with Crippen LogP contribution in [0.25, 0.3) is 0 Å². The quantitative estimate of drug-likeness (QED) is 0.790. The molecule has 1 aromatic carbocycles. The van der Waals surface area contributed by atoms with E-state index < -0.39 is 10.8 Å². The molecule has 0 spiro atoms. The van der Waals surface area contributed by atoms with Gasteiger partial charge in [0.2, 0.25) is 0 Å². The van der Waals surface area contributed by atoms with E-state index in [1.54, 1.807) is 6.26 Å². The van der Waals surface area contributed by atoms with Crippen LogP contribution in [0.4, 0.5) is 5.69 Å². The molecule has 1 saturated heterocycles. The van der Waals surface area contributed by atoms with Crippen LogP contribution in [0.2, 0.25) is 0 Å². The number of ether oxygens (including phenoxy) is 1. The van der Waals surface area contributed by atoms with Gasteiger partial charge in [-0.25, -0.2) is 0 Å². The largest absolute Gasteiger partial charge is 0.378 e. The Morgan fingerprint density at radius 2 is 1.95 bits per heavy atom. The lowest BCUT2D eigenvalue weighted by atomic mass is 10.2. The minimum absolute atomic E-state index is 0.712. The Morgan fingerprint density at radius 1 is 1.26 bits per heavy atom. The lowest BCUT2D eigenvalue weighted by Gasteiger charge is -2.28. The molecule has 1 aliphatic rings. The van der Waals surface area contributed by atoms with Crippen LogP contribution >= 0.6 is 0 Å². The molecule has 0 saturated carbocycles. The Balaban J connectivity index is 1.79. The number of rotatable bonds is 6. The summed E-state index contributed by atoms with van der Waals surface area (Å²) in [7, 11) is -0.712. The van der Waals surface area contributed by atoms with Gasteiger partial charge in [0, 0.05) is 54.7 Å².